The fourth-order valence-corrected chi connectivity index (χ4v) is 2.20. The average molecular weight is 300 g/mol. The van der Waals surface area contributed by atoms with Crippen LogP contribution in [0.5, 0.6) is 0 Å². The highest BCUT2D eigenvalue weighted by Gasteiger charge is 2.17. The summed E-state index contributed by atoms with van der Waals surface area (Å²) in [6.07, 6.45) is 0.699. The average Bonchev–Trinajstić information content (AvgIpc) is 2.24. The molecule has 0 spiro atoms. The molecule has 0 saturated carbocycles. The zero-order valence-corrected chi connectivity index (χ0v) is 12.0. The van der Waals surface area contributed by atoms with Crippen LogP contribution in [0.3, 0.4) is 0 Å². The second-order valence-corrected chi connectivity index (χ2v) is 4.79. The largest absolute Gasteiger partial charge is 0.464 e. The normalized spacial score (nSPS) is 12.0. The lowest BCUT2D eigenvalue weighted by atomic mass is 10.2. The first kappa shape index (κ1) is 14.0. The molecule has 0 amide bonds. The molecule has 1 rings (SSSR count). The van der Waals surface area contributed by atoms with Gasteiger partial charge in [-0.05, 0) is 44.0 Å². The lowest BCUT2D eigenvalue weighted by Crippen LogP contribution is -2.30. The summed E-state index contributed by atoms with van der Waals surface area (Å²) in [4.78, 5) is 11.7. The summed E-state index contributed by atoms with van der Waals surface area (Å²) in [6, 6.07) is 5.70. The summed E-state index contributed by atoms with van der Waals surface area (Å²) < 4.78 is 6.01. The molecule has 1 atom stereocenters. The molecule has 0 aliphatic heterocycles. The molecule has 0 radical (unpaired) electrons. The maximum Gasteiger partial charge on any atom is 0.328 e. The summed E-state index contributed by atoms with van der Waals surface area (Å²) in [7, 11) is 0. The number of nitrogens with one attached hydrogen (secondary N) is 1. The first-order valence-corrected chi connectivity index (χ1v) is 6.56. The molecule has 4 heteroatoms. The Kier molecular flexibility index (Phi) is 5.48. The van der Waals surface area contributed by atoms with Crippen LogP contribution in [0.15, 0.2) is 22.7 Å². The molecule has 1 aromatic carbocycles. The smallest absolute Gasteiger partial charge is 0.328 e. The summed E-state index contributed by atoms with van der Waals surface area (Å²) in [5, 5.41) is 3.19. The van der Waals surface area contributed by atoms with Gasteiger partial charge in [-0.3, -0.25) is 0 Å². The Hall–Kier alpha value is -1.03. The number of anilines is 1. The molecule has 0 aliphatic carbocycles. The fourth-order valence-electron chi connectivity index (χ4n) is 1.59. The Morgan fingerprint density at radius 3 is 2.65 bits per heavy atom. The van der Waals surface area contributed by atoms with Crippen LogP contribution >= 0.6 is 15.9 Å². The molecule has 0 aliphatic rings. The number of benzene rings is 1. The van der Waals surface area contributed by atoms with Gasteiger partial charge in [0, 0.05) is 10.2 Å². The third-order valence-electron chi connectivity index (χ3n) is 2.36. The van der Waals surface area contributed by atoms with E-state index in [1.165, 1.54) is 0 Å². The molecule has 1 unspecified atom stereocenters. The first-order valence-electron chi connectivity index (χ1n) is 5.77. The van der Waals surface area contributed by atoms with Gasteiger partial charge in [0.05, 0.1) is 6.61 Å². The summed E-state index contributed by atoms with van der Waals surface area (Å²) in [5.74, 6) is -0.201. The quantitative estimate of drug-likeness (QED) is 0.846. The van der Waals surface area contributed by atoms with Gasteiger partial charge in [0.15, 0.2) is 0 Å². The molecule has 1 aromatic rings. The third-order valence-corrected chi connectivity index (χ3v) is 2.82. The van der Waals surface area contributed by atoms with Gasteiger partial charge in [0.1, 0.15) is 6.04 Å². The Morgan fingerprint density at radius 1 is 1.41 bits per heavy atom. The number of hydrogen-bond donors (Lipinski definition) is 1. The summed E-state index contributed by atoms with van der Waals surface area (Å²) in [6.45, 7) is 6.20. The van der Waals surface area contributed by atoms with Crippen molar-refractivity contribution < 1.29 is 9.53 Å². The highest BCUT2D eigenvalue weighted by Crippen LogP contribution is 2.20. The van der Waals surface area contributed by atoms with Crippen molar-refractivity contribution in [1.82, 2.24) is 0 Å². The molecule has 0 bridgehead atoms. The second-order valence-electron chi connectivity index (χ2n) is 3.87. The van der Waals surface area contributed by atoms with Crippen LogP contribution in [-0.4, -0.2) is 18.6 Å². The van der Waals surface area contributed by atoms with Gasteiger partial charge in [-0.15, -0.1) is 0 Å². The first-order chi connectivity index (χ1) is 8.06. The van der Waals surface area contributed by atoms with E-state index >= 15 is 0 Å². The van der Waals surface area contributed by atoms with Crippen molar-refractivity contribution in [3.8, 4) is 0 Å². The van der Waals surface area contributed by atoms with Crippen LogP contribution in [0.2, 0.25) is 0 Å². The SMILES string of the molecule is CCOC(=O)C(CC)Nc1cc(C)cc(Br)c1. The van der Waals surface area contributed by atoms with E-state index in [0.717, 1.165) is 15.7 Å². The van der Waals surface area contributed by atoms with Crippen LogP contribution in [0.1, 0.15) is 25.8 Å². The molecule has 0 saturated heterocycles. The van der Waals surface area contributed by atoms with Crippen molar-refractivity contribution in [3.05, 3.63) is 28.2 Å². The molecule has 17 heavy (non-hydrogen) atoms. The van der Waals surface area contributed by atoms with Gasteiger partial charge >= 0.3 is 5.97 Å². The van der Waals surface area contributed by atoms with E-state index < -0.39 is 0 Å². The zero-order valence-electron chi connectivity index (χ0n) is 10.4. The van der Waals surface area contributed by atoms with Crippen LogP contribution in [0, 0.1) is 6.92 Å². The topological polar surface area (TPSA) is 38.3 Å². The monoisotopic (exact) mass is 299 g/mol. The van der Waals surface area contributed by atoms with Gasteiger partial charge in [-0.1, -0.05) is 22.9 Å². The van der Waals surface area contributed by atoms with Gasteiger partial charge in [-0.25, -0.2) is 4.79 Å². The predicted octanol–water partition coefficient (Wildman–Crippen LogP) is 3.51. The maximum atomic E-state index is 11.7. The number of halogens is 1. The van der Waals surface area contributed by atoms with E-state index in [-0.39, 0.29) is 12.0 Å². The maximum absolute atomic E-state index is 11.7. The molecular formula is C13H18BrNO2. The second kappa shape index (κ2) is 6.64. The van der Waals surface area contributed by atoms with E-state index in [1.807, 2.05) is 39.0 Å². The van der Waals surface area contributed by atoms with Crippen LogP contribution < -0.4 is 5.32 Å². The van der Waals surface area contributed by atoms with Crippen molar-refractivity contribution >= 4 is 27.6 Å². The van der Waals surface area contributed by atoms with Gasteiger partial charge < -0.3 is 10.1 Å². The number of rotatable bonds is 5. The number of ether oxygens (including phenoxy) is 1. The molecule has 94 valence electrons. The molecule has 3 nitrogen and oxygen atoms in total. The van der Waals surface area contributed by atoms with Gasteiger partial charge in [0.2, 0.25) is 0 Å². The highest BCUT2D eigenvalue weighted by molar-refractivity contribution is 9.10. The van der Waals surface area contributed by atoms with Crippen molar-refractivity contribution in [2.45, 2.75) is 33.2 Å². The fraction of sp³-hybridized carbons (Fsp3) is 0.462. The van der Waals surface area contributed by atoms with E-state index in [1.54, 1.807) is 0 Å². The Morgan fingerprint density at radius 2 is 2.12 bits per heavy atom. The van der Waals surface area contributed by atoms with Crippen molar-refractivity contribution in [1.29, 1.82) is 0 Å². The van der Waals surface area contributed by atoms with Crippen molar-refractivity contribution in [2.24, 2.45) is 0 Å². The Balaban J connectivity index is 2.76. The lowest BCUT2D eigenvalue weighted by Gasteiger charge is -2.17. The minimum absolute atomic E-state index is 0.201. The van der Waals surface area contributed by atoms with E-state index in [9.17, 15) is 4.79 Å². The highest BCUT2D eigenvalue weighted by atomic mass is 79.9. The summed E-state index contributed by atoms with van der Waals surface area (Å²) in [5.41, 5.74) is 2.07. The molecule has 1 N–H and O–H groups in total. The number of carbonyl (C=O) groups is 1. The number of hydrogen-bond acceptors (Lipinski definition) is 3. The zero-order chi connectivity index (χ0) is 12.8. The predicted molar refractivity (Wildman–Crippen MR) is 73.2 cm³/mol. The van der Waals surface area contributed by atoms with E-state index in [4.69, 9.17) is 4.74 Å². The standard InChI is InChI=1S/C13H18BrNO2/c1-4-12(13(16)17-5-2)15-11-7-9(3)6-10(14)8-11/h6-8,12,15H,4-5H2,1-3H3. The van der Waals surface area contributed by atoms with Gasteiger partial charge in [-0.2, -0.15) is 0 Å². The minimum atomic E-state index is -0.288. The number of aryl methyl sites for hydroxylation is 1. The molecular weight excluding hydrogens is 282 g/mol. The number of carbonyl (C=O) groups excluding carboxylic acids is 1. The lowest BCUT2D eigenvalue weighted by molar-refractivity contribution is -0.144. The van der Waals surface area contributed by atoms with E-state index in [0.29, 0.717) is 13.0 Å². The Bertz CT molecular complexity index is 373. The third kappa shape index (κ3) is 4.38. The molecule has 0 heterocycles. The van der Waals surface area contributed by atoms with Crippen LogP contribution in [-0.2, 0) is 9.53 Å². The summed E-state index contributed by atoms with van der Waals surface area (Å²) >= 11 is 3.44. The van der Waals surface area contributed by atoms with Crippen LogP contribution in [0.25, 0.3) is 0 Å². The van der Waals surface area contributed by atoms with Gasteiger partial charge in [0.25, 0.3) is 0 Å². The van der Waals surface area contributed by atoms with E-state index in [2.05, 4.69) is 21.2 Å². The molecule has 0 aromatic heterocycles. The molecule has 0 fully saturated rings. The Labute approximate surface area is 111 Å². The van der Waals surface area contributed by atoms with Crippen molar-refractivity contribution in [2.75, 3.05) is 11.9 Å². The van der Waals surface area contributed by atoms with Crippen molar-refractivity contribution in [3.63, 3.8) is 0 Å². The minimum Gasteiger partial charge on any atom is -0.464 e. The number of esters is 1. The van der Waals surface area contributed by atoms with Crippen LogP contribution in [0.4, 0.5) is 5.69 Å².